The Morgan fingerprint density at radius 3 is 2.08 bits per heavy atom. The zero-order chi connectivity index (χ0) is 16.5. The molecule has 0 bridgehead atoms. The second kappa shape index (κ2) is 5.74. The van der Waals surface area contributed by atoms with Crippen LogP contribution in [0.1, 0.15) is 27.5 Å². The van der Waals surface area contributed by atoms with Gasteiger partial charge in [0.15, 0.2) is 0 Å². The molecule has 0 fully saturated rings. The first-order valence-corrected chi connectivity index (χ1v) is 7.66. The van der Waals surface area contributed by atoms with Crippen LogP contribution in [0.15, 0.2) is 83.0 Å². The van der Waals surface area contributed by atoms with E-state index in [2.05, 4.69) is 34.5 Å². The summed E-state index contributed by atoms with van der Waals surface area (Å²) in [5.74, 6) is -0.969. The minimum atomic E-state index is -0.969. The molecule has 116 valence electrons. The number of carboxylic acid groups (broad SMARTS) is 1. The van der Waals surface area contributed by atoms with Gasteiger partial charge in [0.2, 0.25) is 0 Å². The molecule has 0 radical (unpaired) electrons. The van der Waals surface area contributed by atoms with Crippen LogP contribution in [0.5, 0.6) is 0 Å². The van der Waals surface area contributed by atoms with Crippen molar-refractivity contribution in [2.75, 3.05) is 0 Å². The summed E-state index contributed by atoms with van der Waals surface area (Å²) in [7, 11) is 0. The van der Waals surface area contributed by atoms with Crippen LogP contribution in [0.4, 0.5) is 5.69 Å². The quantitative estimate of drug-likeness (QED) is 0.672. The van der Waals surface area contributed by atoms with Gasteiger partial charge in [-0.15, -0.1) is 0 Å². The lowest BCUT2D eigenvalue weighted by molar-refractivity contribution is 0.0697. The largest absolute Gasteiger partial charge is 0.478 e. The van der Waals surface area contributed by atoms with Crippen molar-refractivity contribution in [1.82, 2.24) is 0 Å². The number of carboxylic acids is 1. The van der Waals surface area contributed by atoms with Crippen LogP contribution in [0.3, 0.4) is 0 Å². The molecule has 0 amide bonds. The standard InChI is InChI=1S/C20H14N2O2/c23-20(24)13-6-5-7-14(12-13)21-22-19-17-10-3-1-8-15(17)16-9-2-4-11-18(16)19/h1-12,19H,(H,23,24). The highest BCUT2D eigenvalue weighted by atomic mass is 16.4. The fourth-order valence-electron chi connectivity index (χ4n) is 3.08. The van der Waals surface area contributed by atoms with E-state index in [1.54, 1.807) is 18.2 Å². The molecule has 0 saturated carbocycles. The molecule has 0 heterocycles. The van der Waals surface area contributed by atoms with Crippen LogP contribution >= 0.6 is 0 Å². The van der Waals surface area contributed by atoms with E-state index in [1.807, 2.05) is 24.3 Å². The van der Waals surface area contributed by atoms with Crippen LogP contribution in [-0.4, -0.2) is 11.1 Å². The summed E-state index contributed by atoms with van der Waals surface area (Å²) in [6.45, 7) is 0. The average Bonchev–Trinajstić information content (AvgIpc) is 2.94. The molecule has 0 aliphatic heterocycles. The van der Waals surface area contributed by atoms with Crippen molar-refractivity contribution in [3.8, 4) is 11.1 Å². The minimum absolute atomic E-state index is 0.161. The third kappa shape index (κ3) is 2.38. The molecular formula is C20H14N2O2. The monoisotopic (exact) mass is 314 g/mol. The fourth-order valence-corrected chi connectivity index (χ4v) is 3.08. The molecule has 1 N–H and O–H groups in total. The van der Waals surface area contributed by atoms with Crippen molar-refractivity contribution in [2.45, 2.75) is 6.04 Å². The van der Waals surface area contributed by atoms with Gasteiger partial charge >= 0.3 is 5.97 Å². The van der Waals surface area contributed by atoms with Crippen molar-refractivity contribution in [3.05, 3.63) is 89.5 Å². The first kappa shape index (κ1) is 14.3. The third-order valence-corrected chi connectivity index (χ3v) is 4.18. The maximum atomic E-state index is 11.1. The number of fused-ring (bicyclic) bond motifs is 3. The number of aromatic carboxylic acids is 1. The molecule has 3 aromatic carbocycles. The summed E-state index contributed by atoms with van der Waals surface area (Å²) >= 11 is 0. The van der Waals surface area contributed by atoms with E-state index >= 15 is 0 Å². The van der Waals surface area contributed by atoms with E-state index in [0.29, 0.717) is 5.69 Å². The summed E-state index contributed by atoms with van der Waals surface area (Å²) in [6.07, 6.45) is 0. The Balaban J connectivity index is 1.75. The number of nitrogens with zero attached hydrogens (tertiary/aromatic N) is 2. The van der Waals surface area contributed by atoms with E-state index < -0.39 is 5.97 Å². The average molecular weight is 314 g/mol. The van der Waals surface area contributed by atoms with Crippen LogP contribution in [0.25, 0.3) is 11.1 Å². The van der Waals surface area contributed by atoms with Gasteiger partial charge in [-0.3, -0.25) is 0 Å². The number of benzene rings is 3. The topological polar surface area (TPSA) is 62.0 Å². The molecule has 0 saturated heterocycles. The number of hydrogen-bond acceptors (Lipinski definition) is 3. The van der Waals surface area contributed by atoms with Crippen LogP contribution < -0.4 is 0 Å². The Morgan fingerprint density at radius 1 is 0.833 bits per heavy atom. The van der Waals surface area contributed by atoms with Gasteiger partial charge in [0.1, 0.15) is 6.04 Å². The Hall–Kier alpha value is -3.27. The molecule has 1 aliphatic rings. The van der Waals surface area contributed by atoms with Crippen molar-refractivity contribution >= 4 is 11.7 Å². The Kier molecular flexibility index (Phi) is 3.43. The van der Waals surface area contributed by atoms with Crippen molar-refractivity contribution in [2.24, 2.45) is 10.2 Å². The molecule has 0 atom stereocenters. The predicted octanol–water partition coefficient (Wildman–Crippen LogP) is 5.24. The highest BCUT2D eigenvalue weighted by Crippen LogP contribution is 2.45. The summed E-state index contributed by atoms with van der Waals surface area (Å²) in [6, 6.07) is 22.7. The number of hydrogen-bond donors (Lipinski definition) is 1. The van der Waals surface area contributed by atoms with Crippen LogP contribution in [-0.2, 0) is 0 Å². The molecule has 4 nitrogen and oxygen atoms in total. The zero-order valence-corrected chi connectivity index (χ0v) is 12.8. The summed E-state index contributed by atoms with van der Waals surface area (Å²) in [5, 5.41) is 17.9. The van der Waals surface area contributed by atoms with Gasteiger partial charge in [-0.1, -0.05) is 54.6 Å². The van der Waals surface area contributed by atoms with Gasteiger partial charge in [-0.2, -0.15) is 10.2 Å². The Morgan fingerprint density at radius 2 is 1.46 bits per heavy atom. The summed E-state index contributed by atoms with van der Waals surface area (Å²) in [4.78, 5) is 11.1. The van der Waals surface area contributed by atoms with Crippen molar-refractivity contribution in [3.63, 3.8) is 0 Å². The van der Waals surface area contributed by atoms with Gasteiger partial charge in [-0.25, -0.2) is 4.79 Å². The first-order chi connectivity index (χ1) is 11.7. The van der Waals surface area contributed by atoms with E-state index in [4.69, 9.17) is 5.11 Å². The number of azo groups is 1. The third-order valence-electron chi connectivity index (χ3n) is 4.18. The second-order valence-corrected chi connectivity index (χ2v) is 5.65. The summed E-state index contributed by atoms with van der Waals surface area (Å²) in [5.41, 5.74) is 5.34. The lowest BCUT2D eigenvalue weighted by Gasteiger charge is -2.06. The maximum absolute atomic E-state index is 11.1. The van der Waals surface area contributed by atoms with Crippen LogP contribution in [0, 0.1) is 0 Å². The smallest absolute Gasteiger partial charge is 0.335 e. The van der Waals surface area contributed by atoms with E-state index in [-0.39, 0.29) is 11.6 Å². The molecule has 24 heavy (non-hydrogen) atoms. The second-order valence-electron chi connectivity index (χ2n) is 5.65. The van der Waals surface area contributed by atoms with Crippen molar-refractivity contribution < 1.29 is 9.90 Å². The Bertz CT molecular complexity index is 918. The van der Waals surface area contributed by atoms with Gasteiger partial charge in [0, 0.05) is 0 Å². The fraction of sp³-hybridized carbons (Fsp3) is 0.0500. The highest BCUT2D eigenvalue weighted by Gasteiger charge is 2.27. The lowest BCUT2D eigenvalue weighted by Crippen LogP contribution is -1.94. The molecule has 0 spiro atoms. The normalized spacial score (nSPS) is 13.0. The first-order valence-electron chi connectivity index (χ1n) is 7.66. The van der Waals surface area contributed by atoms with E-state index in [0.717, 1.165) is 11.1 Å². The highest BCUT2D eigenvalue weighted by molar-refractivity contribution is 5.88. The minimum Gasteiger partial charge on any atom is -0.478 e. The number of rotatable bonds is 3. The van der Waals surface area contributed by atoms with Gasteiger partial charge in [-0.05, 0) is 40.5 Å². The molecule has 0 unspecified atom stereocenters. The van der Waals surface area contributed by atoms with E-state index in [1.165, 1.54) is 17.2 Å². The SMILES string of the molecule is O=C(O)c1cccc(N=NC2c3ccccc3-c3ccccc32)c1. The van der Waals surface area contributed by atoms with Gasteiger partial charge < -0.3 is 5.11 Å². The summed E-state index contributed by atoms with van der Waals surface area (Å²) < 4.78 is 0. The molecule has 4 rings (SSSR count). The predicted molar refractivity (Wildman–Crippen MR) is 91.6 cm³/mol. The molecular weight excluding hydrogens is 300 g/mol. The van der Waals surface area contributed by atoms with Gasteiger partial charge in [0.05, 0.1) is 11.3 Å². The molecule has 0 aromatic heterocycles. The maximum Gasteiger partial charge on any atom is 0.335 e. The van der Waals surface area contributed by atoms with Gasteiger partial charge in [0.25, 0.3) is 0 Å². The zero-order valence-electron chi connectivity index (χ0n) is 12.8. The molecule has 1 aliphatic carbocycles. The van der Waals surface area contributed by atoms with Crippen molar-refractivity contribution in [1.29, 1.82) is 0 Å². The molecule has 4 heteroatoms. The lowest BCUT2D eigenvalue weighted by atomic mass is 10.1. The Labute approximate surface area is 139 Å². The van der Waals surface area contributed by atoms with Crippen LogP contribution in [0.2, 0.25) is 0 Å². The molecule has 3 aromatic rings. The van der Waals surface area contributed by atoms with E-state index in [9.17, 15) is 4.79 Å². The number of carbonyl (C=O) groups is 1.